The Hall–Kier alpha value is -1.55. The Balaban J connectivity index is 2.07. The number of hydrogen-bond acceptors (Lipinski definition) is 2. The normalized spacial score (nSPS) is 10.8. The number of amides is 1. The average Bonchev–Trinajstić information content (AvgIpc) is 2.43. The summed E-state index contributed by atoms with van der Waals surface area (Å²) >= 11 is 3.46. The molecule has 2 aromatic rings. The highest BCUT2D eigenvalue weighted by Gasteiger charge is 2.11. The van der Waals surface area contributed by atoms with Gasteiger partial charge in [0.2, 0.25) is 5.91 Å². The molecular weight excluding hydrogens is 316 g/mol. The highest BCUT2D eigenvalue weighted by Crippen LogP contribution is 2.22. The van der Waals surface area contributed by atoms with Crippen LogP contribution in [-0.4, -0.2) is 30.4 Å². The van der Waals surface area contributed by atoms with Crippen molar-refractivity contribution in [2.24, 2.45) is 0 Å². The van der Waals surface area contributed by atoms with E-state index in [1.165, 1.54) is 5.39 Å². The van der Waals surface area contributed by atoms with E-state index >= 15 is 0 Å². The first kappa shape index (κ1) is 14.9. The van der Waals surface area contributed by atoms with Crippen molar-refractivity contribution >= 4 is 38.3 Å². The molecule has 2 rings (SSSR count). The third kappa shape index (κ3) is 3.51. The zero-order chi connectivity index (χ0) is 14.7. The summed E-state index contributed by atoms with van der Waals surface area (Å²) in [5.74, 6) is 0.0934. The van der Waals surface area contributed by atoms with Crippen molar-refractivity contribution in [3.8, 4) is 0 Å². The third-order valence-electron chi connectivity index (χ3n) is 3.41. The molecule has 0 radical (unpaired) electrons. The van der Waals surface area contributed by atoms with Gasteiger partial charge in [-0.15, -0.1) is 0 Å². The van der Waals surface area contributed by atoms with Crippen molar-refractivity contribution in [1.82, 2.24) is 4.90 Å². The maximum Gasteiger partial charge on any atom is 0.241 e. The van der Waals surface area contributed by atoms with Crippen molar-refractivity contribution in [3.63, 3.8) is 0 Å². The van der Waals surface area contributed by atoms with Crippen molar-refractivity contribution in [1.29, 1.82) is 0 Å². The quantitative estimate of drug-likeness (QED) is 0.920. The minimum absolute atomic E-state index is 0.0934. The van der Waals surface area contributed by atoms with Crippen molar-refractivity contribution in [2.45, 2.75) is 19.9 Å². The number of benzene rings is 2. The number of carbonyl (C=O) groups is 1. The fourth-order valence-corrected chi connectivity index (χ4v) is 2.30. The lowest BCUT2D eigenvalue weighted by molar-refractivity contribution is -0.129. The average molecular weight is 335 g/mol. The monoisotopic (exact) mass is 334 g/mol. The smallest absolute Gasteiger partial charge is 0.241 e. The largest absolute Gasteiger partial charge is 0.376 e. The fourth-order valence-electron chi connectivity index (χ4n) is 1.92. The van der Waals surface area contributed by atoms with Gasteiger partial charge in [-0.3, -0.25) is 4.79 Å². The first-order chi connectivity index (χ1) is 9.47. The van der Waals surface area contributed by atoms with E-state index in [0.717, 1.165) is 15.5 Å². The summed E-state index contributed by atoms with van der Waals surface area (Å²) in [5, 5.41) is 5.52. The molecule has 0 saturated carbocycles. The predicted molar refractivity (Wildman–Crippen MR) is 88.0 cm³/mol. The lowest BCUT2D eigenvalue weighted by atomic mass is 10.1. The zero-order valence-electron chi connectivity index (χ0n) is 12.0. The molecule has 0 saturated heterocycles. The molecule has 1 N–H and O–H groups in total. The number of likely N-dealkylation sites (N-methyl/N-ethyl adjacent to an activating group) is 1. The summed E-state index contributed by atoms with van der Waals surface area (Å²) in [7, 11) is 1.83. The van der Waals surface area contributed by atoms with Gasteiger partial charge < -0.3 is 10.2 Å². The molecule has 0 unspecified atom stereocenters. The Labute approximate surface area is 128 Å². The van der Waals surface area contributed by atoms with Crippen LogP contribution in [0.1, 0.15) is 13.8 Å². The van der Waals surface area contributed by atoms with E-state index < -0.39 is 0 Å². The van der Waals surface area contributed by atoms with Gasteiger partial charge in [0.25, 0.3) is 0 Å². The lowest BCUT2D eigenvalue weighted by Crippen LogP contribution is -2.37. The summed E-state index contributed by atoms with van der Waals surface area (Å²) in [6.45, 7) is 4.33. The van der Waals surface area contributed by atoms with E-state index in [1.807, 2.05) is 33.0 Å². The molecule has 0 spiro atoms. The molecule has 2 aromatic carbocycles. The number of anilines is 1. The maximum atomic E-state index is 11.9. The molecule has 0 aromatic heterocycles. The topological polar surface area (TPSA) is 32.3 Å². The molecule has 3 nitrogen and oxygen atoms in total. The Morgan fingerprint density at radius 1 is 1.20 bits per heavy atom. The summed E-state index contributed by atoms with van der Waals surface area (Å²) in [6.07, 6.45) is 0. The van der Waals surface area contributed by atoms with E-state index in [1.54, 1.807) is 4.90 Å². The Kier molecular flexibility index (Phi) is 4.65. The van der Waals surface area contributed by atoms with Gasteiger partial charge in [-0.2, -0.15) is 0 Å². The fraction of sp³-hybridized carbons (Fsp3) is 0.312. The Morgan fingerprint density at radius 2 is 1.85 bits per heavy atom. The first-order valence-electron chi connectivity index (χ1n) is 6.66. The van der Waals surface area contributed by atoms with Gasteiger partial charge in [-0.1, -0.05) is 28.1 Å². The van der Waals surface area contributed by atoms with E-state index in [0.29, 0.717) is 6.54 Å². The SMILES string of the molecule is CC(C)N(C)C(=O)CNc1ccc2cc(Br)ccc2c1. The van der Waals surface area contributed by atoms with Crippen LogP contribution in [0.25, 0.3) is 10.8 Å². The van der Waals surface area contributed by atoms with Crippen molar-refractivity contribution in [2.75, 3.05) is 18.9 Å². The number of halogens is 1. The minimum atomic E-state index is 0.0934. The molecule has 0 aliphatic rings. The van der Waals surface area contributed by atoms with Gasteiger partial charge in [0.15, 0.2) is 0 Å². The van der Waals surface area contributed by atoms with Crippen molar-refractivity contribution < 1.29 is 4.79 Å². The van der Waals surface area contributed by atoms with Gasteiger partial charge in [0.05, 0.1) is 6.54 Å². The molecule has 0 heterocycles. The van der Waals surface area contributed by atoms with Crippen molar-refractivity contribution in [3.05, 3.63) is 40.9 Å². The number of fused-ring (bicyclic) bond motifs is 1. The number of rotatable bonds is 4. The van der Waals surface area contributed by atoms with Crippen LogP contribution in [-0.2, 0) is 4.79 Å². The summed E-state index contributed by atoms with van der Waals surface area (Å²) in [4.78, 5) is 13.7. The van der Waals surface area contributed by atoms with Gasteiger partial charge in [-0.25, -0.2) is 0 Å². The number of nitrogens with zero attached hydrogens (tertiary/aromatic N) is 1. The van der Waals surface area contributed by atoms with Crippen LogP contribution in [0.3, 0.4) is 0 Å². The van der Waals surface area contributed by atoms with Gasteiger partial charge in [0, 0.05) is 23.2 Å². The molecule has 4 heteroatoms. The second-order valence-corrected chi connectivity index (χ2v) is 6.07. The lowest BCUT2D eigenvalue weighted by Gasteiger charge is -2.21. The van der Waals surface area contributed by atoms with Gasteiger partial charge in [0.1, 0.15) is 0 Å². The van der Waals surface area contributed by atoms with Crippen LogP contribution in [0.5, 0.6) is 0 Å². The van der Waals surface area contributed by atoms with Crippen LogP contribution < -0.4 is 5.32 Å². The van der Waals surface area contributed by atoms with Crippen LogP contribution in [0.2, 0.25) is 0 Å². The minimum Gasteiger partial charge on any atom is -0.376 e. The first-order valence-corrected chi connectivity index (χ1v) is 7.45. The highest BCUT2D eigenvalue weighted by molar-refractivity contribution is 9.10. The highest BCUT2D eigenvalue weighted by atomic mass is 79.9. The standard InChI is InChI=1S/C16H19BrN2O/c1-11(2)19(3)16(20)10-18-15-7-5-12-8-14(17)6-4-13(12)9-15/h4-9,11,18H,10H2,1-3H3. The van der Waals surface area contributed by atoms with Crippen LogP contribution in [0.4, 0.5) is 5.69 Å². The zero-order valence-corrected chi connectivity index (χ0v) is 13.6. The van der Waals surface area contributed by atoms with Crippen LogP contribution >= 0.6 is 15.9 Å². The van der Waals surface area contributed by atoms with Crippen LogP contribution in [0, 0.1) is 0 Å². The van der Waals surface area contributed by atoms with E-state index in [-0.39, 0.29) is 11.9 Å². The van der Waals surface area contributed by atoms with E-state index in [2.05, 4.69) is 45.5 Å². The third-order valence-corrected chi connectivity index (χ3v) is 3.91. The molecule has 20 heavy (non-hydrogen) atoms. The molecule has 0 aliphatic carbocycles. The molecule has 0 atom stereocenters. The number of carbonyl (C=O) groups excluding carboxylic acids is 1. The molecular formula is C16H19BrN2O. The Morgan fingerprint density at radius 3 is 2.55 bits per heavy atom. The van der Waals surface area contributed by atoms with Gasteiger partial charge in [-0.05, 0) is 48.9 Å². The second kappa shape index (κ2) is 6.27. The summed E-state index contributed by atoms with van der Waals surface area (Å²) in [6, 6.07) is 12.5. The molecule has 1 amide bonds. The molecule has 0 aliphatic heterocycles. The number of hydrogen-bond donors (Lipinski definition) is 1. The predicted octanol–water partition coefficient (Wildman–Crippen LogP) is 3.88. The molecule has 0 bridgehead atoms. The maximum absolute atomic E-state index is 11.9. The second-order valence-electron chi connectivity index (χ2n) is 5.16. The van der Waals surface area contributed by atoms with E-state index in [4.69, 9.17) is 0 Å². The van der Waals surface area contributed by atoms with Gasteiger partial charge >= 0.3 is 0 Å². The summed E-state index contributed by atoms with van der Waals surface area (Å²) in [5.41, 5.74) is 0.963. The molecule has 106 valence electrons. The van der Waals surface area contributed by atoms with E-state index in [9.17, 15) is 4.79 Å². The Bertz CT molecular complexity index is 625. The van der Waals surface area contributed by atoms with Crippen LogP contribution in [0.15, 0.2) is 40.9 Å². The number of nitrogens with one attached hydrogen (secondary N) is 1. The molecule has 0 fully saturated rings. The summed E-state index contributed by atoms with van der Waals surface area (Å²) < 4.78 is 1.07.